The summed E-state index contributed by atoms with van der Waals surface area (Å²) in [5, 5.41) is 0. The zero-order valence-electron chi connectivity index (χ0n) is 9.83. The molecule has 1 atom stereocenters. The minimum Gasteiger partial charge on any atom is -0.302 e. The molecule has 2 aliphatic heterocycles. The summed E-state index contributed by atoms with van der Waals surface area (Å²) in [4.78, 5) is 5.48. The van der Waals surface area contributed by atoms with Crippen molar-refractivity contribution in [1.82, 2.24) is 9.80 Å². The van der Waals surface area contributed by atoms with Crippen molar-refractivity contribution in [3.8, 4) is 0 Å². The van der Waals surface area contributed by atoms with Crippen LogP contribution in [0.3, 0.4) is 0 Å². The molecular formula is C13H24N2. The zero-order chi connectivity index (χ0) is 10.1. The second-order valence-electron chi connectivity index (χ2n) is 5.74. The summed E-state index contributed by atoms with van der Waals surface area (Å²) in [6.07, 6.45) is 8.80. The quantitative estimate of drug-likeness (QED) is 0.697. The van der Waals surface area contributed by atoms with Gasteiger partial charge in [-0.3, -0.25) is 4.90 Å². The lowest BCUT2D eigenvalue weighted by atomic mass is 10.2. The standard InChI is InChI=1S/C13H24N2/c1-2-8-14(7-1)11-13-4-3-9-15(13)10-12-5-6-12/h12-13H,1-11H2. The normalized spacial score (nSPS) is 34.0. The van der Waals surface area contributed by atoms with Crippen LogP contribution in [0, 0.1) is 5.92 Å². The summed E-state index contributed by atoms with van der Waals surface area (Å²) in [7, 11) is 0. The summed E-state index contributed by atoms with van der Waals surface area (Å²) in [5.41, 5.74) is 0. The van der Waals surface area contributed by atoms with E-state index < -0.39 is 0 Å². The Bertz CT molecular complexity index is 207. The summed E-state index contributed by atoms with van der Waals surface area (Å²) >= 11 is 0. The van der Waals surface area contributed by atoms with E-state index in [9.17, 15) is 0 Å². The summed E-state index contributed by atoms with van der Waals surface area (Å²) in [6.45, 7) is 6.90. The third kappa shape index (κ3) is 2.54. The van der Waals surface area contributed by atoms with Crippen molar-refractivity contribution in [1.29, 1.82) is 0 Å². The Morgan fingerprint density at radius 3 is 2.33 bits per heavy atom. The SMILES string of the molecule is C1CCN(CC2CCCN2CC2CC2)C1. The maximum Gasteiger partial charge on any atom is 0.0223 e. The smallest absolute Gasteiger partial charge is 0.0223 e. The lowest BCUT2D eigenvalue weighted by Crippen LogP contribution is -2.40. The molecule has 3 aliphatic rings. The molecule has 0 amide bonds. The third-order valence-corrected chi connectivity index (χ3v) is 4.36. The van der Waals surface area contributed by atoms with Crippen molar-refractivity contribution < 1.29 is 0 Å². The molecule has 2 heteroatoms. The Labute approximate surface area is 93.6 Å². The Balaban J connectivity index is 1.49. The molecule has 0 aromatic carbocycles. The van der Waals surface area contributed by atoms with Crippen LogP contribution in [0.25, 0.3) is 0 Å². The average molecular weight is 208 g/mol. The van der Waals surface area contributed by atoms with Gasteiger partial charge in [-0.1, -0.05) is 0 Å². The van der Waals surface area contributed by atoms with Crippen molar-refractivity contribution in [2.45, 2.75) is 44.6 Å². The molecule has 2 saturated heterocycles. The Kier molecular flexibility index (Phi) is 2.98. The molecular weight excluding hydrogens is 184 g/mol. The largest absolute Gasteiger partial charge is 0.302 e. The fourth-order valence-corrected chi connectivity index (χ4v) is 3.24. The number of likely N-dealkylation sites (tertiary alicyclic amines) is 2. The molecule has 0 aromatic rings. The molecule has 2 nitrogen and oxygen atoms in total. The molecule has 2 heterocycles. The summed E-state index contributed by atoms with van der Waals surface area (Å²) < 4.78 is 0. The predicted molar refractivity (Wildman–Crippen MR) is 63.0 cm³/mol. The molecule has 15 heavy (non-hydrogen) atoms. The van der Waals surface area contributed by atoms with Crippen molar-refractivity contribution >= 4 is 0 Å². The van der Waals surface area contributed by atoms with Gasteiger partial charge in [0.2, 0.25) is 0 Å². The number of hydrogen-bond acceptors (Lipinski definition) is 2. The molecule has 1 unspecified atom stereocenters. The van der Waals surface area contributed by atoms with Gasteiger partial charge in [-0.05, 0) is 64.1 Å². The Hall–Kier alpha value is -0.0800. The highest BCUT2D eigenvalue weighted by atomic mass is 15.2. The highest BCUT2D eigenvalue weighted by molar-refractivity contribution is 4.87. The zero-order valence-corrected chi connectivity index (χ0v) is 9.83. The van der Waals surface area contributed by atoms with Crippen molar-refractivity contribution in [2.24, 2.45) is 5.92 Å². The van der Waals surface area contributed by atoms with Crippen molar-refractivity contribution in [2.75, 3.05) is 32.7 Å². The Morgan fingerprint density at radius 2 is 1.60 bits per heavy atom. The van der Waals surface area contributed by atoms with Gasteiger partial charge in [0.05, 0.1) is 0 Å². The van der Waals surface area contributed by atoms with Gasteiger partial charge in [0.25, 0.3) is 0 Å². The molecule has 3 rings (SSSR count). The van der Waals surface area contributed by atoms with E-state index in [1.807, 2.05) is 0 Å². The van der Waals surface area contributed by atoms with Gasteiger partial charge in [0.15, 0.2) is 0 Å². The number of rotatable bonds is 4. The number of hydrogen-bond donors (Lipinski definition) is 0. The van der Waals surface area contributed by atoms with E-state index in [1.165, 1.54) is 71.2 Å². The van der Waals surface area contributed by atoms with Gasteiger partial charge >= 0.3 is 0 Å². The van der Waals surface area contributed by atoms with Crippen LogP contribution >= 0.6 is 0 Å². The first-order chi connectivity index (χ1) is 7.42. The molecule has 0 aromatic heterocycles. The molecule has 0 radical (unpaired) electrons. The molecule has 86 valence electrons. The van der Waals surface area contributed by atoms with Crippen LogP contribution < -0.4 is 0 Å². The first-order valence-electron chi connectivity index (χ1n) is 6.88. The summed E-state index contributed by atoms with van der Waals surface area (Å²) in [6, 6.07) is 0.906. The van der Waals surface area contributed by atoms with Gasteiger partial charge in [-0.15, -0.1) is 0 Å². The van der Waals surface area contributed by atoms with E-state index >= 15 is 0 Å². The molecule has 0 spiro atoms. The molecule has 0 bridgehead atoms. The van der Waals surface area contributed by atoms with Crippen molar-refractivity contribution in [3.05, 3.63) is 0 Å². The summed E-state index contributed by atoms with van der Waals surface area (Å²) in [5.74, 6) is 1.07. The third-order valence-electron chi connectivity index (χ3n) is 4.36. The first kappa shape index (κ1) is 10.1. The molecule has 3 fully saturated rings. The fraction of sp³-hybridized carbons (Fsp3) is 1.00. The van der Waals surface area contributed by atoms with Crippen LogP contribution in [0.4, 0.5) is 0 Å². The van der Waals surface area contributed by atoms with Gasteiger partial charge in [-0.25, -0.2) is 0 Å². The van der Waals surface area contributed by atoms with E-state index in [0.29, 0.717) is 0 Å². The highest BCUT2D eigenvalue weighted by Crippen LogP contribution is 2.32. The molecule has 0 N–H and O–H groups in total. The van der Waals surface area contributed by atoms with E-state index in [0.717, 1.165) is 12.0 Å². The van der Waals surface area contributed by atoms with Crippen LogP contribution in [-0.2, 0) is 0 Å². The minimum absolute atomic E-state index is 0.906. The van der Waals surface area contributed by atoms with Crippen LogP contribution in [0.1, 0.15) is 38.5 Å². The van der Waals surface area contributed by atoms with Crippen LogP contribution in [0.5, 0.6) is 0 Å². The van der Waals surface area contributed by atoms with Gasteiger partial charge in [0, 0.05) is 19.1 Å². The second kappa shape index (κ2) is 4.42. The van der Waals surface area contributed by atoms with Gasteiger partial charge < -0.3 is 4.90 Å². The topological polar surface area (TPSA) is 6.48 Å². The Morgan fingerprint density at radius 1 is 0.800 bits per heavy atom. The highest BCUT2D eigenvalue weighted by Gasteiger charge is 2.32. The van der Waals surface area contributed by atoms with E-state index in [4.69, 9.17) is 0 Å². The van der Waals surface area contributed by atoms with Crippen molar-refractivity contribution in [3.63, 3.8) is 0 Å². The monoisotopic (exact) mass is 208 g/mol. The van der Waals surface area contributed by atoms with Crippen LogP contribution in [0.15, 0.2) is 0 Å². The van der Waals surface area contributed by atoms with Gasteiger partial charge in [0.1, 0.15) is 0 Å². The van der Waals surface area contributed by atoms with E-state index in [1.54, 1.807) is 0 Å². The lowest BCUT2D eigenvalue weighted by Gasteiger charge is -2.28. The molecule has 1 saturated carbocycles. The van der Waals surface area contributed by atoms with E-state index in [2.05, 4.69) is 9.80 Å². The van der Waals surface area contributed by atoms with E-state index in [-0.39, 0.29) is 0 Å². The minimum atomic E-state index is 0.906. The predicted octanol–water partition coefficient (Wildman–Crippen LogP) is 1.96. The second-order valence-corrected chi connectivity index (χ2v) is 5.74. The molecule has 1 aliphatic carbocycles. The maximum absolute atomic E-state index is 2.79. The van der Waals surface area contributed by atoms with Gasteiger partial charge in [-0.2, -0.15) is 0 Å². The number of nitrogens with zero attached hydrogens (tertiary/aromatic N) is 2. The van der Waals surface area contributed by atoms with Crippen LogP contribution in [-0.4, -0.2) is 48.6 Å². The van der Waals surface area contributed by atoms with Crippen LogP contribution in [0.2, 0.25) is 0 Å². The lowest BCUT2D eigenvalue weighted by molar-refractivity contribution is 0.186. The first-order valence-corrected chi connectivity index (χ1v) is 6.88. The fourth-order valence-electron chi connectivity index (χ4n) is 3.24. The maximum atomic E-state index is 2.79. The average Bonchev–Trinajstić information content (AvgIpc) is 2.75.